The normalized spacial score (nSPS) is 13.0. The number of nitrogens with one attached hydrogen (secondary N) is 1. The fourth-order valence-corrected chi connectivity index (χ4v) is 4.43. The number of fused-ring (bicyclic) bond motifs is 3. The second-order valence-corrected chi connectivity index (χ2v) is 7.40. The van der Waals surface area contributed by atoms with Gasteiger partial charge in [-0.05, 0) is 49.4 Å². The van der Waals surface area contributed by atoms with E-state index >= 15 is 0 Å². The van der Waals surface area contributed by atoms with E-state index < -0.39 is 5.97 Å². The zero-order valence-electron chi connectivity index (χ0n) is 14.3. The molecule has 7 heteroatoms. The maximum Gasteiger partial charge on any atom is 0.344 e. The van der Waals surface area contributed by atoms with Gasteiger partial charge in [-0.3, -0.25) is 4.79 Å². The van der Waals surface area contributed by atoms with E-state index in [9.17, 15) is 9.59 Å². The summed E-state index contributed by atoms with van der Waals surface area (Å²) in [4.78, 5) is 33.4. The van der Waals surface area contributed by atoms with Crippen molar-refractivity contribution < 1.29 is 14.3 Å². The Labute approximate surface area is 153 Å². The quantitative estimate of drug-likeness (QED) is 0.699. The summed E-state index contributed by atoms with van der Waals surface area (Å²) >= 11 is 1.56. The second-order valence-electron chi connectivity index (χ2n) is 6.32. The third-order valence-corrected chi connectivity index (χ3v) is 5.53. The topological polar surface area (TPSA) is 81.3 Å². The number of thiophene rings is 1. The van der Waals surface area contributed by atoms with Crippen molar-refractivity contribution in [3.05, 3.63) is 56.4 Å². The summed E-state index contributed by atoms with van der Waals surface area (Å²) in [7, 11) is 0. The second kappa shape index (κ2) is 6.92. The van der Waals surface area contributed by atoms with Crippen LogP contribution in [0, 0.1) is 6.92 Å². The molecule has 0 fully saturated rings. The predicted octanol–water partition coefficient (Wildman–Crippen LogP) is 2.90. The van der Waals surface area contributed by atoms with Gasteiger partial charge in [-0.2, -0.15) is 0 Å². The molecule has 1 aromatic carbocycles. The van der Waals surface area contributed by atoms with Crippen LogP contribution >= 0.6 is 11.3 Å². The molecule has 2 heterocycles. The van der Waals surface area contributed by atoms with Crippen LogP contribution in [0.3, 0.4) is 0 Å². The van der Waals surface area contributed by atoms with Crippen LogP contribution in [0.4, 0.5) is 0 Å². The van der Waals surface area contributed by atoms with Crippen LogP contribution in [0.5, 0.6) is 5.75 Å². The van der Waals surface area contributed by atoms with Gasteiger partial charge in [0, 0.05) is 4.88 Å². The third-order valence-electron chi connectivity index (χ3n) is 4.34. The largest absolute Gasteiger partial charge is 0.482 e. The van der Waals surface area contributed by atoms with Crippen molar-refractivity contribution in [1.29, 1.82) is 0 Å². The van der Waals surface area contributed by atoms with E-state index in [1.165, 1.54) is 4.88 Å². The molecule has 0 spiro atoms. The molecule has 1 aliphatic rings. The summed E-state index contributed by atoms with van der Waals surface area (Å²) in [5, 5.41) is 0.695. The Hall–Kier alpha value is -2.67. The molecule has 134 valence electrons. The van der Waals surface area contributed by atoms with E-state index in [0.717, 1.165) is 35.2 Å². The lowest BCUT2D eigenvalue weighted by Crippen LogP contribution is -2.18. The molecular weight excluding hydrogens is 352 g/mol. The highest BCUT2D eigenvalue weighted by Gasteiger charge is 2.21. The number of esters is 1. The molecule has 26 heavy (non-hydrogen) atoms. The number of aromatic amines is 1. The Kier molecular flexibility index (Phi) is 4.46. The molecule has 0 radical (unpaired) electrons. The Morgan fingerprint density at radius 2 is 2.23 bits per heavy atom. The number of ether oxygens (including phenoxy) is 2. The summed E-state index contributed by atoms with van der Waals surface area (Å²) < 4.78 is 10.6. The number of hydrogen-bond acceptors (Lipinski definition) is 6. The molecule has 1 aliphatic carbocycles. The van der Waals surface area contributed by atoms with Crippen molar-refractivity contribution in [2.24, 2.45) is 0 Å². The van der Waals surface area contributed by atoms with Crippen LogP contribution in [0.2, 0.25) is 0 Å². The van der Waals surface area contributed by atoms with Crippen LogP contribution in [-0.2, 0) is 29.0 Å². The molecule has 6 nitrogen and oxygen atoms in total. The van der Waals surface area contributed by atoms with Crippen molar-refractivity contribution >= 4 is 27.5 Å². The maximum absolute atomic E-state index is 12.4. The van der Waals surface area contributed by atoms with Crippen molar-refractivity contribution in [3.63, 3.8) is 0 Å². The molecule has 0 saturated carbocycles. The fraction of sp³-hybridized carbons (Fsp3) is 0.316. The molecule has 0 aliphatic heterocycles. The molecule has 0 amide bonds. The first-order valence-corrected chi connectivity index (χ1v) is 9.30. The lowest BCUT2D eigenvalue weighted by Gasteiger charge is -2.07. The Morgan fingerprint density at radius 1 is 1.35 bits per heavy atom. The molecule has 0 saturated heterocycles. The molecule has 0 bridgehead atoms. The number of carbonyl (C=O) groups is 1. The van der Waals surface area contributed by atoms with Gasteiger partial charge in [0.25, 0.3) is 5.56 Å². The number of rotatable bonds is 5. The SMILES string of the molecule is Cc1cccc(OCC(=O)OCc2nc3sc4c(c3c(=O)[nH]2)CCC4)c1. The molecule has 0 atom stereocenters. The van der Waals surface area contributed by atoms with Gasteiger partial charge in [-0.15, -0.1) is 11.3 Å². The van der Waals surface area contributed by atoms with Crippen molar-refractivity contribution in [2.75, 3.05) is 6.61 Å². The van der Waals surface area contributed by atoms with Crippen LogP contribution in [0.1, 0.15) is 28.2 Å². The monoisotopic (exact) mass is 370 g/mol. The lowest BCUT2D eigenvalue weighted by atomic mass is 10.2. The maximum atomic E-state index is 12.4. The Bertz CT molecular complexity index is 1040. The number of carbonyl (C=O) groups excluding carboxylic acids is 1. The first-order chi connectivity index (χ1) is 12.6. The molecule has 4 rings (SSSR count). The minimum Gasteiger partial charge on any atom is -0.482 e. The summed E-state index contributed by atoms with van der Waals surface area (Å²) in [5.74, 6) is 0.456. The smallest absolute Gasteiger partial charge is 0.344 e. The van der Waals surface area contributed by atoms with E-state index in [-0.39, 0.29) is 18.8 Å². The molecule has 1 N–H and O–H groups in total. The minimum atomic E-state index is -0.511. The summed E-state index contributed by atoms with van der Waals surface area (Å²) in [6.45, 7) is 1.68. The average Bonchev–Trinajstić information content (AvgIpc) is 3.18. The third kappa shape index (κ3) is 3.35. The minimum absolute atomic E-state index is 0.0796. The highest BCUT2D eigenvalue weighted by atomic mass is 32.1. The number of aromatic nitrogens is 2. The number of nitrogens with zero attached hydrogens (tertiary/aromatic N) is 1. The number of H-pyrrole nitrogens is 1. The predicted molar refractivity (Wildman–Crippen MR) is 98.7 cm³/mol. The van der Waals surface area contributed by atoms with Gasteiger partial charge in [-0.25, -0.2) is 9.78 Å². The van der Waals surface area contributed by atoms with Crippen molar-refractivity contribution in [3.8, 4) is 5.75 Å². The van der Waals surface area contributed by atoms with E-state index in [1.807, 2.05) is 25.1 Å². The van der Waals surface area contributed by atoms with Crippen LogP contribution < -0.4 is 10.3 Å². The standard InChI is InChI=1S/C19H18N2O4S/c1-11-4-2-5-12(8-11)24-10-16(22)25-9-15-20-18(23)17-13-6-3-7-14(13)26-19(17)21-15/h2,4-5,8H,3,6-7,9-10H2,1H3,(H,20,21,23). The van der Waals surface area contributed by atoms with Crippen LogP contribution in [0.15, 0.2) is 29.1 Å². The van der Waals surface area contributed by atoms with E-state index in [1.54, 1.807) is 17.4 Å². The van der Waals surface area contributed by atoms with Gasteiger partial charge in [0.15, 0.2) is 6.61 Å². The number of aryl methyl sites for hydroxylation is 3. The van der Waals surface area contributed by atoms with E-state index in [2.05, 4.69) is 9.97 Å². The summed E-state index contributed by atoms with van der Waals surface area (Å²) in [6.07, 6.45) is 3.04. The van der Waals surface area contributed by atoms with Gasteiger partial charge >= 0.3 is 5.97 Å². The van der Waals surface area contributed by atoms with E-state index in [0.29, 0.717) is 17.0 Å². The van der Waals surface area contributed by atoms with E-state index in [4.69, 9.17) is 9.47 Å². The summed E-state index contributed by atoms with van der Waals surface area (Å²) in [6, 6.07) is 7.43. The first-order valence-electron chi connectivity index (χ1n) is 8.48. The van der Waals surface area contributed by atoms with Crippen molar-refractivity contribution in [1.82, 2.24) is 9.97 Å². The van der Waals surface area contributed by atoms with Crippen molar-refractivity contribution in [2.45, 2.75) is 32.8 Å². The molecule has 3 aromatic rings. The van der Waals surface area contributed by atoms with Gasteiger partial charge in [0.05, 0.1) is 5.39 Å². The first kappa shape index (κ1) is 16.8. The zero-order valence-corrected chi connectivity index (χ0v) is 15.1. The lowest BCUT2D eigenvalue weighted by molar-refractivity contribution is -0.147. The van der Waals surface area contributed by atoms with Gasteiger partial charge in [0.2, 0.25) is 0 Å². The van der Waals surface area contributed by atoms with Gasteiger partial charge in [-0.1, -0.05) is 12.1 Å². The highest BCUT2D eigenvalue weighted by molar-refractivity contribution is 7.18. The van der Waals surface area contributed by atoms with Gasteiger partial charge in [0.1, 0.15) is 23.0 Å². The highest BCUT2D eigenvalue weighted by Crippen LogP contribution is 2.34. The average molecular weight is 370 g/mol. The van der Waals surface area contributed by atoms with Crippen LogP contribution in [-0.4, -0.2) is 22.5 Å². The number of benzene rings is 1. The molecule has 2 aromatic heterocycles. The Balaban J connectivity index is 1.40. The fourth-order valence-electron chi connectivity index (χ4n) is 3.15. The molecular formula is C19H18N2O4S. The zero-order chi connectivity index (χ0) is 18.1. The van der Waals surface area contributed by atoms with Gasteiger partial charge < -0.3 is 14.5 Å². The Morgan fingerprint density at radius 3 is 3.08 bits per heavy atom. The van der Waals surface area contributed by atoms with Crippen LogP contribution in [0.25, 0.3) is 10.2 Å². The number of hydrogen-bond donors (Lipinski definition) is 1. The summed E-state index contributed by atoms with van der Waals surface area (Å²) in [5.41, 5.74) is 2.03. The molecule has 0 unspecified atom stereocenters.